The smallest absolute Gasteiger partial charge is 0.221 e. The van der Waals surface area contributed by atoms with Crippen LogP contribution in [0.1, 0.15) is 19.4 Å². The molecule has 0 saturated carbocycles. The van der Waals surface area contributed by atoms with Crippen LogP contribution in [0.15, 0.2) is 48.5 Å². The lowest BCUT2D eigenvalue weighted by molar-refractivity contribution is -0.115. The molecule has 2 aromatic rings. The van der Waals surface area contributed by atoms with Crippen LogP contribution in [0.25, 0.3) is 0 Å². The van der Waals surface area contributed by atoms with Crippen LogP contribution in [0.2, 0.25) is 0 Å². The van der Waals surface area contributed by atoms with Gasteiger partial charge in [-0.15, -0.1) is 0 Å². The number of phenols is 1. The Balaban J connectivity index is 0.000000220. The van der Waals surface area contributed by atoms with Gasteiger partial charge in [0.1, 0.15) is 5.75 Å². The Morgan fingerprint density at radius 2 is 1.36 bits per heavy atom. The summed E-state index contributed by atoms with van der Waals surface area (Å²) in [6, 6.07) is 14.1. The molecule has 0 aliphatic carbocycles. The Bertz CT molecular complexity index is 596. The molecule has 0 heterocycles. The predicted octanol–water partition coefficient (Wildman–Crippen LogP) is 3.30. The number of hydrogen-bond donors (Lipinski definition) is 3. The summed E-state index contributed by atoms with van der Waals surface area (Å²) in [7, 11) is 0. The van der Waals surface area contributed by atoms with Crippen molar-refractivity contribution in [1.82, 2.24) is 0 Å². The van der Waals surface area contributed by atoms with Gasteiger partial charge >= 0.3 is 0 Å². The van der Waals surface area contributed by atoms with Crippen molar-refractivity contribution in [3.05, 3.63) is 54.1 Å². The molecule has 0 fully saturated rings. The summed E-state index contributed by atoms with van der Waals surface area (Å²) < 4.78 is 0. The minimum atomic E-state index is -0.143. The molecule has 2 aromatic carbocycles. The van der Waals surface area contributed by atoms with Gasteiger partial charge in [0, 0.05) is 31.3 Å². The second-order valence-corrected chi connectivity index (χ2v) is 4.78. The van der Waals surface area contributed by atoms with E-state index in [0.29, 0.717) is 5.69 Å². The van der Waals surface area contributed by atoms with Crippen LogP contribution in [-0.4, -0.2) is 16.9 Å². The third-order valence-corrected chi connectivity index (χ3v) is 2.50. The van der Waals surface area contributed by atoms with Gasteiger partial charge < -0.3 is 15.7 Å². The van der Waals surface area contributed by atoms with E-state index in [1.54, 1.807) is 18.2 Å². The van der Waals surface area contributed by atoms with Gasteiger partial charge in [-0.2, -0.15) is 0 Å². The van der Waals surface area contributed by atoms with Crippen LogP contribution < -0.4 is 10.6 Å². The highest BCUT2D eigenvalue weighted by atomic mass is 16.3. The Morgan fingerprint density at radius 1 is 0.864 bits per heavy atom. The van der Waals surface area contributed by atoms with Gasteiger partial charge in [-0.05, 0) is 36.8 Å². The fourth-order valence-corrected chi connectivity index (χ4v) is 1.71. The maximum absolute atomic E-state index is 10.6. The molecule has 2 rings (SSSR count). The standard InChI is InChI=1S/C9H11NO.C8H9NO2/c1-7-4-3-5-9(6-7)10-8(2)11;1-6(10)9-7-3-2-4-8(11)5-7/h3-6H,1-2H3,(H,10,11);2-5,11H,1H3,(H,9,10). The van der Waals surface area contributed by atoms with E-state index in [1.807, 2.05) is 31.2 Å². The van der Waals surface area contributed by atoms with E-state index < -0.39 is 0 Å². The van der Waals surface area contributed by atoms with Crippen molar-refractivity contribution in [3.63, 3.8) is 0 Å². The van der Waals surface area contributed by atoms with Crippen LogP contribution in [0.4, 0.5) is 11.4 Å². The van der Waals surface area contributed by atoms with Crippen molar-refractivity contribution >= 4 is 23.2 Å². The minimum Gasteiger partial charge on any atom is -0.508 e. The van der Waals surface area contributed by atoms with E-state index >= 15 is 0 Å². The minimum absolute atomic E-state index is 0.0319. The number of hydrogen-bond acceptors (Lipinski definition) is 3. The van der Waals surface area contributed by atoms with Gasteiger partial charge in [0.2, 0.25) is 11.8 Å². The number of rotatable bonds is 2. The zero-order chi connectivity index (χ0) is 16.5. The zero-order valence-electron chi connectivity index (χ0n) is 12.9. The van der Waals surface area contributed by atoms with E-state index in [-0.39, 0.29) is 17.6 Å². The summed E-state index contributed by atoms with van der Waals surface area (Å²) in [6.07, 6.45) is 0. The zero-order valence-corrected chi connectivity index (χ0v) is 12.9. The van der Waals surface area contributed by atoms with Crippen molar-refractivity contribution < 1.29 is 14.7 Å². The molecular weight excluding hydrogens is 280 g/mol. The lowest BCUT2D eigenvalue weighted by atomic mass is 10.2. The molecule has 116 valence electrons. The van der Waals surface area contributed by atoms with E-state index in [9.17, 15) is 9.59 Å². The number of aryl methyl sites for hydroxylation is 1. The van der Waals surface area contributed by atoms with Gasteiger partial charge in [0.15, 0.2) is 0 Å². The molecule has 0 aliphatic rings. The summed E-state index contributed by atoms with van der Waals surface area (Å²) in [5, 5.41) is 14.2. The molecule has 0 spiro atoms. The molecular formula is C17H20N2O3. The number of benzene rings is 2. The Labute approximate surface area is 130 Å². The molecule has 22 heavy (non-hydrogen) atoms. The van der Waals surface area contributed by atoms with E-state index in [0.717, 1.165) is 11.3 Å². The van der Waals surface area contributed by atoms with Gasteiger partial charge in [0.05, 0.1) is 0 Å². The molecule has 0 aromatic heterocycles. The normalized spacial score (nSPS) is 9.23. The van der Waals surface area contributed by atoms with E-state index in [4.69, 9.17) is 5.11 Å². The fraction of sp³-hybridized carbons (Fsp3) is 0.176. The molecule has 5 nitrogen and oxygen atoms in total. The molecule has 3 N–H and O–H groups in total. The number of aromatic hydroxyl groups is 1. The molecule has 0 aliphatic heterocycles. The topological polar surface area (TPSA) is 78.4 Å². The number of carbonyl (C=O) groups excluding carboxylic acids is 2. The SMILES string of the molecule is CC(=O)Nc1cccc(C)c1.CC(=O)Nc1cccc(O)c1. The highest BCUT2D eigenvalue weighted by Crippen LogP contribution is 2.14. The third-order valence-electron chi connectivity index (χ3n) is 2.50. The average molecular weight is 300 g/mol. The summed E-state index contributed by atoms with van der Waals surface area (Å²) in [4.78, 5) is 21.1. The van der Waals surface area contributed by atoms with Gasteiger partial charge in [-0.25, -0.2) is 0 Å². The molecule has 0 saturated heterocycles. The van der Waals surface area contributed by atoms with Crippen molar-refractivity contribution in [1.29, 1.82) is 0 Å². The maximum atomic E-state index is 10.6. The van der Waals surface area contributed by atoms with Crippen molar-refractivity contribution in [2.24, 2.45) is 0 Å². The summed E-state index contributed by atoms with van der Waals surface area (Å²) >= 11 is 0. The first-order valence-electron chi connectivity index (χ1n) is 6.77. The quantitative estimate of drug-likeness (QED) is 0.796. The van der Waals surface area contributed by atoms with Crippen LogP contribution in [-0.2, 0) is 9.59 Å². The third kappa shape index (κ3) is 7.09. The molecule has 0 unspecified atom stereocenters. The lowest BCUT2D eigenvalue weighted by Gasteiger charge is -2.01. The largest absolute Gasteiger partial charge is 0.508 e. The summed E-state index contributed by atoms with van der Waals surface area (Å²) in [5.74, 6) is -0.0255. The molecule has 0 bridgehead atoms. The molecule has 0 radical (unpaired) electrons. The number of carbonyl (C=O) groups is 2. The van der Waals surface area contributed by atoms with E-state index in [1.165, 1.54) is 19.9 Å². The highest BCUT2D eigenvalue weighted by molar-refractivity contribution is 5.89. The number of nitrogens with one attached hydrogen (secondary N) is 2. The first kappa shape index (κ1) is 17.2. The van der Waals surface area contributed by atoms with Crippen LogP contribution in [0.5, 0.6) is 5.75 Å². The van der Waals surface area contributed by atoms with Crippen LogP contribution >= 0.6 is 0 Å². The molecule has 5 heteroatoms. The number of phenolic OH excluding ortho intramolecular Hbond substituents is 1. The Kier molecular flexibility index (Phi) is 6.63. The molecule has 2 amide bonds. The lowest BCUT2D eigenvalue weighted by Crippen LogP contribution is -2.05. The second kappa shape index (κ2) is 8.46. The highest BCUT2D eigenvalue weighted by Gasteiger charge is 1.94. The van der Waals surface area contributed by atoms with Gasteiger partial charge in [-0.3, -0.25) is 9.59 Å². The monoisotopic (exact) mass is 300 g/mol. The first-order chi connectivity index (χ1) is 10.4. The Hall–Kier alpha value is -2.82. The van der Waals surface area contributed by atoms with Crippen molar-refractivity contribution in [2.75, 3.05) is 10.6 Å². The maximum Gasteiger partial charge on any atom is 0.221 e. The fourth-order valence-electron chi connectivity index (χ4n) is 1.71. The first-order valence-corrected chi connectivity index (χ1v) is 6.77. The second-order valence-electron chi connectivity index (χ2n) is 4.78. The molecule has 0 atom stereocenters. The van der Waals surface area contributed by atoms with Crippen LogP contribution in [0, 0.1) is 6.92 Å². The predicted molar refractivity (Wildman–Crippen MR) is 87.9 cm³/mol. The van der Waals surface area contributed by atoms with Crippen molar-refractivity contribution in [3.8, 4) is 5.75 Å². The van der Waals surface area contributed by atoms with Crippen molar-refractivity contribution in [2.45, 2.75) is 20.8 Å². The van der Waals surface area contributed by atoms with E-state index in [2.05, 4.69) is 10.6 Å². The Morgan fingerprint density at radius 3 is 1.82 bits per heavy atom. The average Bonchev–Trinajstić information content (AvgIpc) is 2.37. The van der Waals surface area contributed by atoms with Crippen LogP contribution in [0.3, 0.4) is 0 Å². The number of amides is 2. The van der Waals surface area contributed by atoms with Gasteiger partial charge in [-0.1, -0.05) is 18.2 Å². The summed E-state index contributed by atoms with van der Waals surface area (Å²) in [6.45, 7) is 4.91. The number of anilines is 2. The summed E-state index contributed by atoms with van der Waals surface area (Å²) in [5.41, 5.74) is 2.62. The van der Waals surface area contributed by atoms with Gasteiger partial charge in [0.25, 0.3) is 0 Å².